The first-order valence-electron chi connectivity index (χ1n) is 11.1. The van der Waals surface area contributed by atoms with Gasteiger partial charge in [0, 0.05) is 22.6 Å². The van der Waals surface area contributed by atoms with Crippen molar-refractivity contribution >= 4 is 23.5 Å². The maximum atomic E-state index is 15.2. The second-order valence-electron chi connectivity index (χ2n) is 7.97. The Labute approximate surface area is 200 Å². The van der Waals surface area contributed by atoms with Crippen LogP contribution in [0.2, 0.25) is 0 Å². The van der Waals surface area contributed by atoms with Crippen LogP contribution in [0.5, 0.6) is 11.5 Å². The van der Waals surface area contributed by atoms with Gasteiger partial charge >= 0.3 is 0 Å². The molecule has 0 saturated carbocycles. The van der Waals surface area contributed by atoms with Gasteiger partial charge in [0.15, 0.2) is 12.9 Å². The van der Waals surface area contributed by atoms with Gasteiger partial charge in [-0.3, -0.25) is 4.79 Å². The molecule has 4 nitrogen and oxygen atoms in total. The summed E-state index contributed by atoms with van der Waals surface area (Å²) in [5.74, 6) is 1.32. The molecular weight excluding hydrogens is 443 g/mol. The molecular formula is C29H27O4P. The quantitative estimate of drug-likeness (QED) is 0.221. The Morgan fingerprint density at radius 3 is 1.56 bits per heavy atom. The summed E-state index contributed by atoms with van der Waals surface area (Å²) in [5, 5.41) is 1.35. The largest absolute Gasteiger partial charge is 0.497 e. The van der Waals surface area contributed by atoms with Crippen molar-refractivity contribution in [2.45, 2.75) is 12.1 Å². The van der Waals surface area contributed by atoms with Crippen molar-refractivity contribution in [1.29, 1.82) is 0 Å². The molecule has 0 saturated heterocycles. The van der Waals surface area contributed by atoms with Crippen molar-refractivity contribution in [3.63, 3.8) is 0 Å². The van der Waals surface area contributed by atoms with E-state index in [0.717, 1.165) is 5.56 Å². The third kappa shape index (κ3) is 4.83. The number of methoxy groups -OCH3 is 2. The van der Waals surface area contributed by atoms with Crippen molar-refractivity contribution in [2.75, 3.05) is 14.2 Å². The second-order valence-corrected chi connectivity index (χ2v) is 10.9. The van der Waals surface area contributed by atoms with E-state index >= 15 is 4.57 Å². The summed E-state index contributed by atoms with van der Waals surface area (Å²) in [7, 11) is -0.122. The molecule has 0 amide bonds. The van der Waals surface area contributed by atoms with E-state index < -0.39 is 12.8 Å². The number of Topliss-reactive ketones (excluding diaryl/α,β-unsaturated/α-hetero) is 1. The van der Waals surface area contributed by atoms with Crippen LogP contribution in [-0.4, -0.2) is 20.0 Å². The molecule has 0 aliphatic carbocycles. The highest BCUT2D eigenvalue weighted by Gasteiger charge is 2.39. The molecule has 0 aromatic heterocycles. The number of benzene rings is 4. The molecule has 4 rings (SSSR count). The highest BCUT2D eigenvalue weighted by molar-refractivity contribution is 7.79. The smallest absolute Gasteiger partial charge is 0.163 e. The summed E-state index contributed by atoms with van der Waals surface area (Å²) >= 11 is 0. The van der Waals surface area contributed by atoms with Crippen molar-refractivity contribution in [1.82, 2.24) is 0 Å². The molecule has 34 heavy (non-hydrogen) atoms. The number of ketones is 1. The molecule has 4 aromatic rings. The summed E-state index contributed by atoms with van der Waals surface area (Å²) in [4.78, 5) is 13.4. The van der Waals surface area contributed by atoms with Crippen LogP contribution in [0.25, 0.3) is 0 Å². The number of hydrogen-bond donors (Lipinski definition) is 0. The molecule has 0 bridgehead atoms. The first kappa shape index (κ1) is 23.5. The van der Waals surface area contributed by atoms with Gasteiger partial charge in [0.1, 0.15) is 11.5 Å². The fraction of sp³-hybridized carbons (Fsp3) is 0.138. The van der Waals surface area contributed by atoms with Crippen LogP contribution >= 0.6 is 7.14 Å². The van der Waals surface area contributed by atoms with Crippen LogP contribution < -0.4 is 20.1 Å². The van der Waals surface area contributed by atoms with Crippen molar-refractivity contribution in [3.8, 4) is 11.5 Å². The molecule has 5 heteroatoms. The SMILES string of the molecule is COc1ccc(P(=O)(c2ccc(OC)cc2)[C@H](CC(=O)c2ccccc2)c2ccccc2)cc1. The normalized spacial score (nSPS) is 12.1. The van der Waals surface area contributed by atoms with Crippen LogP contribution in [0.4, 0.5) is 0 Å². The second kappa shape index (κ2) is 10.5. The maximum absolute atomic E-state index is 15.2. The van der Waals surface area contributed by atoms with Crippen LogP contribution in [-0.2, 0) is 4.57 Å². The van der Waals surface area contributed by atoms with Gasteiger partial charge in [-0.05, 0) is 54.1 Å². The van der Waals surface area contributed by atoms with Gasteiger partial charge in [-0.15, -0.1) is 0 Å². The molecule has 4 aromatic carbocycles. The number of carbonyl (C=O) groups is 1. The summed E-state index contributed by atoms with van der Waals surface area (Å²) < 4.78 is 25.9. The Morgan fingerprint density at radius 1 is 0.676 bits per heavy atom. The summed E-state index contributed by atoms with van der Waals surface area (Å²) in [6, 6.07) is 33.4. The first-order valence-corrected chi connectivity index (χ1v) is 12.9. The van der Waals surface area contributed by atoms with E-state index in [1.807, 2.05) is 97.1 Å². The lowest BCUT2D eigenvalue weighted by Gasteiger charge is -2.29. The van der Waals surface area contributed by atoms with Crippen molar-refractivity contribution in [3.05, 3.63) is 120 Å². The average molecular weight is 471 g/mol. The van der Waals surface area contributed by atoms with Crippen LogP contribution in [0.1, 0.15) is 28.0 Å². The van der Waals surface area contributed by atoms with E-state index in [1.54, 1.807) is 26.4 Å². The Hall–Kier alpha value is -3.62. The summed E-state index contributed by atoms with van der Waals surface area (Å²) in [5.41, 5.74) is 0.935. The first-order chi connectivity index (χ1) is 16.6. The van der Waals surface area contributed by atoms with Gasteiger partial charge in [0.25, 0.3) is 0 Å². The molecule has 0 aliphatic rings. The Balaban J connectivity index is 1.89. The minimum Gasteiger partial charge on any atom is -0.497 e. The molecule has 0 spiro atoms. The van der Waals surface area contributed by atoms with Crippen molar-refractivity contribution < 1.29 is 18.8 Å². The molecule has 0 radical (unpaired) electrons. The fourth-order valence-electron chi connectivity index (χ4n) is 4.17. The predicted octanol–water partition coefficient (Wildman–Crippen LogP) is 6.03. The molecule has 0 aliphatic heterocycles. The molecule has 0 heterocycles. The lowest BCUT2D eigenvalue weighted by molar-refractivity contribution is 0.0981. The predicted molar refractivity (Wildman–Crippen MR) is 137 cm³/mol. The molecule has 0 unspecified atom stereocenters. The topological polar surface area (TPSA) is 52.6 Å². The zero-order valence-corrected chi connectivity index (χ0v) is 20.2. The number of rotatable bonds is 9. The molecule has 0 N–H and O–H groups in total. The average Bonchev–Trinajstić information content (AvgIpc) is 2.92. The van der Waals surface area contributed by atoms with Crippen molar-refractivity contribution in [2.24, 2.45) is 0 Å². The van der Waals surface area contributed by atoms with Gasteiger partial charge in [-0.25, -0.2) is 0 Å². The van der Waals surface area contributed by atoms with Gasteiger partial charge in [0.2, 0.25) is 0 Å². The van der Waals surface area contributed by atoms with E-state index in [4.69, 9.17) is 9.47 Å². The maximum Gasteiger partial charge on any atom is 0.163 e. The zero-order valence-electron chi connectivity index (χ0n) is 19.3. The summed E-state index contributed by atoms with van der Waals surface area (Å²) in [6.45, 7) is 0. The standard InChI is InChI=1S/C29H27O4P/c1-32-24-13-17-26(18-14-24)34(31,27-19-15-25(33-2)16-20-27)29(23-11-7-4-8-12-23)21-28(30)22-9-5-3-6-10-22/h3-20,29H,21H2,1-2H3/t29-/m1/s1. The van der Waals surface area contributed by atoms with Crippen LogP contribution in [0.3, 0.4) is 0 Å². The number of carbonyl (C=O) groups excluding carboxylic acids is 1. The van der Waals surface area contributed by atoms with Gasteiger partial charge in [0.05, 0.1) is 19.9 Å². The fourth-order valence-corrected chi connectivity index (χ4v) is 7.38. The van der Waals surface area contributed by atoms with E-state index in [9.17, 15) is 4.79 Å². The number of ether oxygens (including phenoxy) is 2. The lowest BCUT2D eigenvalue weighted by Crippen LogP contribution is -2.23. The molecule has 0 fully saturated rings. The minimum atomic E-state index is -3.32. The van der Waals surface area contributed by atoms with E-state index in [2.05, 4.69) is 0 Å². The van der Waals surface area contributed by atoms with Gasteiger partial charge < -0.3 is 14.0 Å². The molecule has 1 atom stereocenters. The van der Waals surface area contributed by atoms with Crippen LogP contribution in [0.15, 0.2) is 109 Å². The Kier molecular flexibility index (Phi) is 7.30. The van der Waals surface area contributed by atoms with Crippen LogP contribution in [0, 0.1) is 0 Å². The lowest BCUT2D eigenvalue weighted by atomic mass is 10.0. The Bertz CT molecular complexity index is 1220. The highest BCUT2D eigenvalue weighted by atomic mass is 31.2. The van der Waals surface area contributed by atoms with Gasteiger partial charge in [-0.2, -0.15) is 0 Å². The van der Waals surface area contributed by atoms with E-state index in [1.165, 1.54) is 0 Å². The van der Waals surface area contributed by atoms with E-state index in [0.29, 0.717) is 27.7 Å². The summed E-state index contributed by atoms with van der Waals surface area (Å²) in [6.07, 6.45) is 0.114. The monoisotopic (exact) mass is 470 g/mol. The third-order valence-electron chi connectivity index (χ3n) is 6.01. The Morgan fingerprint density at radius 2 is 1.12 bits per heavy atom. The molecule has 172 valence electrons. The third-order valence-corrected chi connectivity index (χ3v) is 9.50. The zero-order chi connectivity index (χ0) is 24.0. The number of hydrogen-bond acceptors (Lipinski definition) is 4. The highest BCUT2D eigenvalue weighted by Crippen LogP contribution is 2.59. The minimum absolute atomic E-state index is 0.0447. The van der Waals surface area contributed by atoms with E-state index in [-0.39, 0.29) is 12.2 Å². The van der Waals surface area contributed by atoms with Gasteiger partial charge in [-0.1, -0.05) is 60.7 Å².